The summed E-state index contributed by atoms with van der Waals surface area (Å²) in [6.07, 6.45) is 1.72. The maximum Gasteiger partial charge on any atom is 0.306 e. The Morgan fingerprint density at radius 2 is 2.14 bits per heavy atom. The van der Waals surface area contributed by atoms with Crippen LogP contribution >= 0.6 is 15.9 Å². The number of aromatic nitrogens is 1. The van der Waals surface area contributed by atoms with Crippen molar-refractivity contribution in [2.24, 2.45) is 5.73 Å². The number of esters is 1. The zero-order valence-corrected chi connectivity index (χ0v) is 13.8. The fourth-order valence-corrected chi connectivity index (χ4v) is 2.14. The first-order chi connectivity index (χ1) is 10.4. The minimum absolute atomic E-state index is 0.0399. The molecule has 0 spiro atoms. The third kappa shape index (κ3) is 6.21. The Balaban J connectivity index is 2.58. The standard InChI is InChI=1S/C14H18BrN3O4/c1-2-22-12(20)6-5-11(19)18-10(14(16)21)8-9-4-3-7-17-13(9)15/h3-4,7,10H,2,5-6,8H2,1H3,(H2,16,21)(H,18,19)/t10-/m1/s1. The number of hydrogen-bond acceptors (Lipinski definition) is 5. The number of nitrogens with zero attached hydrogens (tertiary/aromatic N) is 1. The van der Waals surface area contributed by atoms with Crippen LogP contribution in [-0.4, -0.2) is 35.4 Å². The largest absolute Gasteiger partial charge is 0.466 e. The number of amides is 2. The number of carbonyl (C=O) groups excluding carboxylic acids is 3. The fourth-order valence-electron chi connectivity index (χ4n) is 1.73. The van der Waals surface area contributed by atoms with Crippen molar-refractivity contribution in [3.63, 3.8) is 0 Å². The molecule has 0 saturated carbocycles. The zero-order valence-electron chi connectivity index (χ0n) is 12.2. The lowest BCUT2D eigenvalue weighted by Gasteiger charge is -2.16. The molecule has 0 bridgehead atoms. The molecule has 8 heteroatoms. The van der Waals surface area contributed by atoms with E-state index in [0.717, 1.165) is 5.56 Å². The van der Waals surface area contributed by atoms with E-state index in [1.807, 2.05) is 0 Å². The molecule has 2 amide bonds. The summed E-state index contributed by atoms with van der Waals surface area (Å²) in [6.45, 7) is 1.95. The number of nitrogens with two attached hydrogens (primary N) is 1. The van der Waals surface area contributed by atoms with E-state index in [4.69, 9.17) is 10.5 Å². The van der Waals surface area contributed by atoms with E-state index in [1.54, 1.807) is 25.3 Å². The van der Waals surface area contributed by atoms with Crippen LogP contribution in [0.2, 0.25) is 0 Å². The Bertz CT molecular complexity index is 551. The van der Waals surface area contributed by atoms with Gasteiger partial charge in [0.25, 0.3) is 0 Å². The highest BCUT2D eigenvalue weighted by atomic mass is 79.9. The number of primary amides is 1. The first kappa shape index (κ1) is 18.1. The van der Waals surface area contributed by atoms with Gasteiger partial charge in [-0.25, -0.2) is 4.98 Å². The molecular formula is C14H18BrN3O4. The maximum atomic E-state index is 11.8. The molecule has 120 valence electrons. The lowest BCUT2D eigenvalue weighted by molar-refractivity contribution is -0.144. The zero-order chi connectivity index (χ0) is 16.5. The van der Waals surface area contributed by atoms with Gasteiger partial charge in [0.15, 0.2) is 0 Å². The molecule has 1 rings (SSSR count). The second-order valence-corrected chi connectivity index (χ2v) is 5.24. The van der Waals surface area contributed by atoms with Crippen LogP contribution in [0.5, 0.6) is 0 Å². The van der Waals surface area contributed by atoms with Crippen molar-refractivity contribution in [1.29, 1.82) is 0 Å². The summed E-state index contributed by atoms with van der Waals surface area (Å²) in [7, 11) is 0. The second-order valence-electron chi connectivity index (χ2n) is 4.48. The first-order valence-corrected chi connectivity index (χ1v) is 7.57. The first-order valence-electron chi connectivity index (χ1n) is 6.77. The number of ether oxygens (including phenoxy) is 1. The Morgan fingerprint density at radius 1 is 1.41 bits per heavy atom. The molecule has 22 heavy (non-hydrogen) atoms. The number of carbonyl (C=O) groups is 3. The summed E-state index contributed by atoms with van der Waals surface area (Å²) < 4.78 is 5.32. The van der Waals surface area contributed by atoms with E-state index in [0.29, 0.717) is 4.60 Å². The Hall–Kier alpha value is -1.96. The Kier molecular flexibility index (Phi) is 7.51. The van der Waals surface area contributed by atoms with Crippen LogP contribution in [0.3, 0.4) is 0 Å². The van der Waals surface area contributed by atoms with Crippen LogP contribution in [0.4, 0.5) is 0 Å². The molecule has 1 aromatic heterocycles. The maximum absolute atomic E-state index is 11.8. The predicted molar refractivity (Wildman–Crippen MR) is 82.6 cm³/mol. The monoisotopic (exact) mass is 371 g/mol. The van der Waals surface area contributed by atoms with E-state index in [9.17, 15) is 14.4 Å². The molecule has 0 saturated heterocycles. The molecule has 0 unspecified atom stereocenters. The normalized spacial score (nSPS) is 11.5. The van der Waals surface area contributed by atoms with Crippen molar-refractivity contribution in [1.82, 2.24) is 10.3 Å². The highest BCUT2D eigenvalue weighted by Crippen LogP contribution is 2.14. The van der Waals surface area contributed by atoms with Gasteiger partial charge in [-0.05, 0) is 34.5 Å². The summed E-state index contributed by atoms with van der Waals surface area (Å²) in [6, 6.07) is 2.63. The number of nitrogens with one attached hydrogen (secondary N) is 1. The molecule has 7 nitrogen and oxygen atoms in total. The van der Waals surface area contributed by atoms with Crippen molar-refractivity contribution >= 4 is 33.7 Å². The smallest absolute Gasteiger partial charge is 0.306 e. The SMILES string of the molecule is CCOC(=O)CCC(=O)N[C@H](Cc1cccnc1Br)C(N)=O. The van der Waals surface area contributed by atoms with Crippen LogP contribution in [0.15, 0.2) is 22.9 Å². The molecule has 1 atom stereocenters. The van der Waals surface area contributed by atoms with E-state index >= 15 is 0 Å². The van der Waals surface area contributed by atoms with Gasteiger partial charge in [0.2, 0.25) is 11.8 Å². The van der Waals surface area contributed by atoms with Crippen molar-refractivity contribution in [3.8, 4) is 0 Å². The third-order valence-electron chi connectivity index (χ3n) is 2.80. The van der Waals surface area contributed by atoms with Crippen molar-refractivity contribution in [3.05, 3.63) is 28.5 Å². The van der Waals surface area contributed by atoms with Crippen LogP contribution in [0.1, 0.15) is 25.3 Å². The van der Waals surface area contributed by atoms with Gasteiger partial charge < -0.3 is 15.8 Å². The molecule has 0 aliphatic rings. The summed E-state index contributed by atoms with van der Waals surface area (Å²) in [5.74, 6) is -1.54. The topological polar surface area (TPSA) is 111 Å². The minimum atomic E-state index is -0.866. The Morgan fingerprint density at radius 3 is 2.73 bits per heavy atom. The average Bonchev–Trinajstić information content (AvgIpc) is 2.47. The summed E-state index contributed by atoms with van der Waals surface area (Å²) >= 11 is 3.27. The van der Waals surface area contributed by atoms with Gasteiger partial charge in [-0.2, -0.15) is 0 Å². The lowest BCUT2D eigenvalue weighted by Crippen LogP contribution is -2.46. The number of hydrogen-bond donors (Lipinski definition) is 2. The quantitative estimate of drug-likeness (QED) is 0.516. The fraction of sp³-hybridized carbons (Fsp3) is 0.429. The van der Waals surface area contributed by atoms with Crippen LogP contribution in [0, 0.1) is 0 Å². The predicted octanol–water partition coefficient (Wildman–Crippen LogP) is 0.700. The minimum Gasteiger partial charge on any atom is -0.466 e. The van der Waals surface area contributed by atoms with E-state index in [-0.39, 0.29) is 25.9 Å². The molecule has 0 aliphatic carbocycles. The number of halogens is 1. The average molecular weight is 372 g/mol. The lowest BCUT2D eigenvalue weighted by atomic mass is 10.1. The van der Waals surface area contributed by atoms with E-state index in [1.165, 1.54) is 0 Å². The van der Waals surface area contributed by atoms with Crippen LogP contribution in [-0.2, 0) is 25.5 Å². The molecule has 0 aliphatic heterocycles. The van der Waals surface area contributed by atoms with Gasteiger partial charge >= 0.3 is 5.97 Å². The van der Waals surface area contributed by atoms with Crippen molar-refractivity contribution in [2.45, 2.75) is 32.2 Å². The number of rotatable bonds is 8. The van der Waals surface area contributed by atoms with Crippen molar-refractivity contribution in [2.75, 3.05) is 6.61 Å². The summed E-state index contributed by atoms with van der Waals surface area (Å²) in [4.78, 5) is 38.5. The molecule has 0 radical (unpaired) electrons. The molecule has 0 fully saturated rings. The van der Waals surface area contributed by atoms with Crippen LogP contribution in [0.25, 0.3) is 0 Å². The van der Waals surface area contributed by atoms with Gasteiger partial charge in [0.05, 0.1) is 13.0 Å². The van der Waals surface area contributed by atoms with Gasteiger partial charge in [0.1, 0.15) is 10.6 Å². The van der Waals surface area contributed by atoms with Gasteiger partial charge in [-0.3, -0.25) is 14.4 Å². The molecule has 1 aromatic rings. The third-order valence-corrected chi connectivity index (χ3v) is 3.51. The van der Waals surface area contributed by atoms with Crippen molar-refractivity contribution < 1.29 is 19.1 Å². The highest BCUT2D eigenvalue weighted by Gasteiger charge is 2.20. The molecule has 0 aromatic carbocycles. The van der Waals surface area contributed by atoms with E-state index in [2.05, 4.69) is 26.2 Å². The highest BCUT2D eigenvalue weighted by molar-refractivity contribution is 9.10. The van der Waals surface area contributed by atoms with Gasteiger partial charge in [-0.1, -0.05) is 6.07 Å². The van der Waals surface area contributed by atoms with Gasteiger partial charge in [0, 0.05) is 19.0 Å². The van der Waals surface area contributed by atoms with Gasteiger partial charge in [-0.15, -0.1) is 0 Å². The Labute approximate surface area is 136 Å². The van der Waals surface area contributed by atoms with E-state index < -0.39 is 23.8 Å². The molecule has 3 N–H and O–H groups in total. The number of pyridine rings is 1. The summed E-state index contributed by atoms with van der Waals surface area (Å²) in [5.41, 5.74) is 6.05. The molecule has 1 heterocycles. The molecular weight excluding hydrogens is 354 g/mol. The summed E-state index contributed by atoms with van der Waals surface area (Å²) in [5, 5.41) is 2.52. The second kappa shape index (κ2) is 9.14. The van der Waals surface area contributed by atoms with Crippen LogP contribution < -0.4 is 11.1 Å².